The van der Waals surface area contributed by atoms with E-state index in [0.29, 0.717) is 25.7 Å². The summed E-state index contributed by atoms with van der Waals surface area (Å²) in [6, 6.07) is 15.0. The minimum absolute atomic E-state index is 0.0307. The van der Waals surface area contributed by atoms with Gasteiger partial charge in [0.15, 0.2) is 23.8 Å². The molecule has 0 spiro atoms. The number of allylic oxidation sites excluding steroid dienone is 2. The molecular formula is C62H73F7N8O19P2. The summed E-state index contributed by atoms with van der Waals surface area (Å²) in [5, 5.41) is 39.2. The summed E-state index contributed by atoms with van der Waals surface area (Å²) < 4.78 is 169. The summed E-state index contributed by atoms with van der Waals surface area (Å²) in [5.74, 6) is -16.0. The molecular weight excluding hydrogens is 1360 g/mol. The van der Waals surface area contributed by atoms with Crippen LogP contribution in [0.5, 0.6) is 17.2 Å². The van der Waals surface area contributed by atoms with E-state index < -0.39 is 147 Å². The average Bonchev–Trinajstić information content (AvgIpc) is 1.56. The fraction of sp³-hybridized carbons (Fsp3) is 0.387. The Bertz CT molecular complexity index is 3790. The summed E-state index contributed by atoms with van der Waals surface area (Å²) in [7, 11) is -9.28. The number of halogens is 7. The van der Waals surface area contributed by atoms with Crippen molar-refractivity contribution < 1.29 is 111 Å². The first-order valence-corrected chi connectivity index (χ1v) is 32.7. The van der Waals surface area contributed by atoms with Gasteiger partial charge in [0, 0.05) is 25.2 Å². The number of amides is 2. The second kappa shape index (κ2) is 36.8. The van der Waals surface area contributed by atoms with Gasteiger partial charge in [-0.05, 0) is 89.8 Å². The van der Waals surface area contributed by atoms with E-state index in [-0.39, 0.29) is 61.0 Å². The molecule has 0 aliphatic carbocycles. The number of carbonyl (C=O) groups excluding carboxylic acids is 4. The first kappa shape index (κ1) is 80.0. The number of hydrogen-bond donors (Lipinski definition) is 7. The minimum Gasteiger partial charge on any atom is -0.464 e. The van der Waals surface area contributed by atoms with E-state index in [1.54, 1.807) is 42.5 Å². The number of esters is 2. The molecule has 2 aliphatic rings. The highest BCUT2D eigenvalue weighted by Crippen LogP contribution is 2.50. The number of para-hydroxylation sites is 2. The van der Waals surface area contributed by atoms with Crippen LogP contribution in [0.3, 0.4) is 0 Å². The number of hydrogen-bond acceptors (Lipinski definition) is 21. The molecule has 4 heterocycles. The van der Waals surface area contributed by atoms with Crippen molar-refractivity contribution in [2.24, 2.45) is 0 Å². The van der Waals surface area contributed by atoms with Gasteiger partial charge < -0.3 is 58.5 Å². The number of aliphatic hydroxyl groups is 3. The molecule has 2 aromatic heterocycles. The maximum absolute atomic E-state index is 15.8. The Labute approximate surface area is 556 Å². The van der Waals surface area contributed by atoms with Crippen LogP contribution in [0.2, 0.25) is 0 Å². The number of ether oxygens (including phenoxy) is 4. The predicted octanol–water partition coefficient (Wildman–Crippen LogP) is 8.61. The van der Waals surface area contributed by atoms with Crippen LogP contribution in [0.1, 0.15) is 78.7 Å². The van der Waals surface area contributed by atoms with Gasteiger partial charge in [-0.3, -0.25) is 32.8 Å². The summed E-state index contributed by atoms with van der Waals surface area (Å²) in [6.07, 6.45) is 1.50. The fourth-order valence-electron chi connectivity index (χ4n) is 8.59. The molecule has 0 saturated carbocycles. The lowest BCUT2D eigenvalue weighted by atomic mass is 9.98. The van der Waals surface area contributed by atoms with Gasteiger partial charge in [0.05, 0.1) is 26.4 Å². The molecule has 2 fully saturated rings. The first-order valence-electron chi connectivity index (χ1n) is 29.6. The summed E-state index contributed by atoms with van der Waals surface area (Å²) in [5.41, 5.74) is -6.61. The zero-order chi connectivity index (χ0) is 72.7. The smallest absolute Gasteiger partial charge is 0.464 e. The van der Waals surface area contributed by atoms with Crippen LogP contribution < -0.4 is 45.8 Å². The summed E-state index contributed by atoms with van der Waals surface area (Å²) in [4.78, 5) is 80.2. The highest BCUT2D eigenvalue weighted by molar-refractivity contribution is 7.52. The second-order valence-corrected chi connectivity index (χ2v) is 24.8. The van der Waals surface area contributed by atoms with Crippen molar-refractivity contribution in [1.29, 1.82) is 0 Å². The molecule has 2 aliphatic heterocycles. The van der Waals surface area contributed by atoms with E-state index in [9.17, 15) is 74.5 Å². The van der Waals surface area contributed by atoms with Gasteiger partial charge in [-0.15, -0.1) is 26.3 Å². The zero-order valence-electron chi connectivity index (χ0n) is 53.1. The molecule has 534 valence electrons. The van der Waals surface area contributed by atoms with Crippen molar-refractivity contribution >= 4 is 50.9 Å². The standard InChI is InChI=1S/C28H36FN4O9P.C19H17F5NO5P.C15H20FN3O5/c1-5-7-14-23(34)30-22-15-16-33(27(37)31-22)26-28(4,29)24(35)21(41-26)18-40-43(38,42-20-12-10-9-11-13-20)32-19(3)25(36)39-17-8-6-2;1-3-4-10-28-19(26)11(2)25-31(27,29-12-8-6-5-7-9-12)30-18-16(23)14(21)13(20)15(22)17(18)24;1-3-4-5-11(21)17-10-6-7-19(14(23)18-10)13-15(2,16)12(22)9(8-20)24-13/h5-6,9-13,15-16,19,21,24,26,35H,1-2,7-8,14,17-18H2,3-4H3,(H,32,38)(H,30,31,34,37);3,5-9,11H,1,4,10H2,2H3,(H,25,27);3,6-7,9,12-13,20,22H,1,4-5,8H2,2H3,(H,17,18,21,23)/t19-,21+,24?,26+,28-,43-;11-,31?;9-,12?,13-,15+/m001/s1. The maximum Gasteiger partial charge on any atom is 0.513 e. The van der Waals surface area contributed by atoms with E-state index in [1.165, 1.54) is 80.8 Å². The molecule has 5 aromatic rings. The van der Waals surface area contributed by atoms with Gasteiger partial charge >= 0.3 is 38.8 Å². The molecule has 0 radical (unpaired) electrons. The highest BCUT2D eigenvalue weighted by atomic mass is 31.2. The SMILES string of the molecule is C=CCCC(=O)Nc1ccn([C@@H]2O[C@H](CO)C(O)[C@]2(C)F)c(=O)n1.C=CCCOC(=O)[C@H](C)NP(=O)(Oc1ccccc1)Oc1c(F)c(F)c(F)c(F)c1F.C=CCCOC(=O)[C@H](C)N[P@](=O)(OC[C@H]1O[C@@H](n2ccc(NC(=O)CCC=C)nc2=O)[C@@](C)(F)C1O)Oc1ccccc1. The van der Waals surface area contributed by atoms with Gasteiger partial charge in [0.25, 0.3) is 0 Å². The Morgan fingerprint density at radius 3 is 1.37 bits per heavy atom. The second-order valence-electron chi connectivity index (χ2n) is 21.5. The molecule has 27 nitrogen and oxygen atoms in total. The molecule has 36 heteroatoms. The monoisotopic (exact) mass is 1430 g/mol. The van der Waals surface area contributed by atoms with Crippen molar-refractivity contribution in [3.8, 4) is 17.2 Å². The van der Waals surface area contributed by atoms with Crippen LogP contribution in [-0.4, -0.2) is 132 Å². The maximum atomic E-state index is 15.8. The number of carbonyl (C=O) groups is 4. The van der Waals surface area contributed by atoms with Crippen molar-refractivity contribution in [2.75, 3.05) is 37.1 Å². The Balaban J connectivity index is 0.000000278. The number of nitrogens with zero attached hydrogens (tertiary/aromatic N) is 4. The fourth-order valence-corrected chi connectivity index (χ4v) is 11.6. The Hall–Kier alpha value is -8.69. The van der Waals surface area contributed by atoms with Crippen LogP contribution in [0.4, 0.5) is 42.4 Å². The molecule has 12 atom stereocenters. The lowest BCUT2D eigenvalue weighted by molar-refractivity contribution is -0.146. The van der Waals surface area contributed by atoms with Gasteiger partial charge in [0.1, 0.15) is 59.6 Å². The molecule has 98 heavy (non-hydrogen) atoms. The molecule has 7 N–H and O–H groups in total. The van der Waals surface area contributed by atoms with Crippen LogP contribution in [0.25, 0.3) is 0 Å². The molecule has 7 rings (SSSR count). The number of benzene rings is 3. The first-order chi connectivity index (χ1) is 46.3. The Morgan fingerprint density at radius 1 is 0.602 bits per heavy atom. The van der Waals surface area contributed by atoms with E-state index in [0.717, 1.165) is 23.0 Å². The van der Waals surface area contributed by atoms with Crippen molar-refractivity contribution in [3.05, 3.63) is 186 Å². The van der Waals surface area contributed by atoms with Crippen LogP contribution in [0.15, 0.2) is 145 Å². The highest BCUT2D eigenvalue weighted by Gasteiger charge is 2.57. The van der Waals surface area contributed by atoms with E-state index in [2.05, 4.69) is 61.6 Å². The Kier molecular flexibility index (Phi) is 30.0. The molecule has 3 unspecified atom stereocenters. The van der Waals surface area contributed by atoms with Crippen LogP contribution in [0, 0.1) is 29.1 Å². The minimum atomic E-state index is -4.93. The molecule has 0 bridgehead atoms. The zero-order valence-corrected chi connectivity index (χ0v) is 54.9. The number of aromatic nitrogens is 4. The van der Waals surface area contributed by atoms with Gasteiger partial charge in [-0.1, -0.05) is 60.7 Å². The molecule has 2 saturated heterocycles. The number of anilines is 2. The van der Waals surface area contributed by atoms with Gasteiger partial charge in [-0.2, -0.15) is 28.9 Å². The third-order valence-corrected chi connectivity index (χ3v) is 17.0. The lowest BCUT2D eigenvalue weighted by Crippen LogP contribution is -2.43. The van der Waals surface area contributed by atoms with Crippen molar-refractivity contribution in [1.82, 2.24) is 29.3 Å². The summed E-state index contributed by atoms with van der Waals surface area (Å²) in [6.45, 7) is 17.5. The van der Waals surface area contributed by atoms with Gasteiger partial charge in [0.2, 0.25) is 46.6 Å². The van der Waals surface area contributed by atoms with Gasteiger partial charge in [-0.25, -0.2) is 40.7 Å². The van der Waals surface area contributed by atoms with E-state index in [4.69, 9.17) is 37.6 Å². The van der Waals surface area contributed by atoms with Crippen LogP contribution >= 0.6 is 15.5 Å². The third-order valence-electron chi connectivity index (χ3n) is 13.7. The topological polar surface area (TPSA) is 355 Å². The lowest BCUT2D eigenvalue weighted by Gasteiger charge is -2.25. The number of nitrogens with one attached hydrogen (secondary N) is 4. The number of rotatable bonds is 32. The average molecular weight is 1430 g/mol. The quantitative estimate of drug-likeness (QED) is 0.00403. The van der Waals surface area contributed by atoms with Crippen molar-refractivity contribution in [2.45, 2.75) is 127 Å². The third kappa shape index (κ3) is 21.9. The largest absolute Gasteiger partial charge is 0.513 e. The molecule has 3 aromatic carbocycles. The normalized spacial score (nSPS) is 21.9. The summed E-state index contributed by atoms with van der Waals surface area (Å²) >= 11 is 0. The van der Waals surface area contributed by atoms with Crippen LogP contribution in [-0.2, 0) is 51.8 Å². The predicted molar refractivity (Wildman–Crippen MR) is 338 cm³/mol. The van der Waals surface area contributed by atoms with E-state index in [1.807, 2.05) is 0 Å². The number of alkyl halides is 2. The number of aliphatic hydroxyl groups excluding tert-OH is 3. The van der Waals surface area contributed by atoms with Crippen molar-refractivity contribution in [3.63, 3.8) is 0 Å². The molecule has 2 amide bonds. The van der Waals surface area contributed by atoms with E-state index >= 15 is 4.39 Å². The Morgan fingerprint density at radius 2 is 0.980 bits per heavy atom.